The molecule has 0 spiro atoms. The number of aliphatic hydroxyl groups is 2. The second-order valence-electron chi connectivity index (χ2n) is 7.36. The molecule has 1 aliphatic rings. The van der Waals surface area contributed by atoms with E-state index in [2.05, 4.69) is 15.4 Å². The van der Waals surface area contributed by atoms with Gasteiger partial charge in [-0.2, -0.15) is 9.61 Å². The zero-order chi connectivity index (χ0) is 19.4. The molecule has 4 atom stereocenters. The summed E-state index contributed by atoms with van der Waals surface area (Å²) in [5.74, 6) is 0.729. The first-order valence-corrected chi connectivity index (χ1v) is 9.53. The van der Waals surface area contributed by atoms with Gasteiger partial charge in [-0.1, -0.05) is 18.5 Å². The molecule has 3 heterocycles. The molecular weight excluding hydrogens is 380 g/mol. The number of benzene rings is 1. The van der Waals surface area contributed by atoms with Crippen molar-refractivity contribution in [3.63, 3.8) is 0 Å². The van der Waals surface area contributed by atoms with Gasteiger partial charge in [0, 0.05) is 28.2 Å². The van der Waals surface area contributed by atoms with Gasteiger partial charge in [-0.15, -0.1) is 0 Å². The Labute approximate surface area is 165 Å². The van der Waals surface area contributed by atoms with Gasteiger partial charge in [-0.05, 0) is 36.6 Å². The van der Waals surface area contributed by atoms with Crippen molar-refractivity contribution >= 4 is 34.0 Å². The van der Waals surface area contributed by atoms with Crippen LogP contribution in [0.25, 0.3) is 27.9 Å². The lowest BCUT2D eigenvalue weighted by Gasteiger charge is -2.19. The molecule has 0 unspecified atom stereocenters. The van der Waals surface area contributed by atoms with Gasteiger partial charge in [0.15, 0.2) is 5.65 Å². The number of anilines is 1. The molecule has 0 saturated heterocycles. The lowest BCUT2D eigenvalue weighted by atomic mass is 10.1. The number of aromatic nitrogens is 3. The minimum Gasteiger partial charge on any atom is -0.464 e. The summed E-state index contributed by atoms with van der Waals surface area (Å²) < 4.78 is 7.32. The highest BCUT2D eigenvalue weighted by Gasteiger charge is 2.39. The molecule has 0 bridgehead atoms. The number of hydrogen-bond donors (Lipinski definition) is 3. The van der Waals surface area contributed by atoms with E-state index in [1.807, 2.05) is 25.1 Å². The van der Waals surface area contributed by atoms with Crippen molar-refractivity contribution in [1.29, 1.82) is 0 Å². The fraction of sp³-hybridized carbons (Fsp3) is 0.300. The molecule has 1 fully saturated rings. The summed E-state index contributed by atoms with van der Waals surface area (Å²) in [7, 11) is 0. The van der Waals surface area contributed by atoms with Gasteiger partial charge in [-0.3, -0.25) is 0 Å². The van der Waals surface area contributed by atoms with E-state index in [-0.39, 0.29) is 12.0 Å². The predicted molar refractivity (Wildman–Crippen MR) is 106 cm³/mol. The van der Waals surface area contributed by atoms with Crippen molar-refractivity contribution in [3.05, 3.63) is 47.8 Å². The van der Waals surface area contributed by atoms with Gasteiger partial charge in [0.05, 0.1) is 17.8 Å². The van der Waals surface area contributed by atoms with Crippen LogP contribution in [0.1, 0.15) is 13.3 Å². The smallest absolute Gasteiger partial charge is 0.157 e. The zero-order valence-electron chi connectivity index (χ0n) is 15.1. The maximum Gasteiger partial charge on any atom is 0.157 e. The van der Waals surface area contributed by atoms with Crippen molar-refractivity contribution in [1.82, 2.24) is 14.6 Å². The summed E-state index contributed by atoms with van der Waals surface area (Å²) in [5.41, 5.74) is 2.94. The van der Waals surface area contributed by atoms with Gasteiger partial charge >= 0.3 is 0 Å². The summed E-state index contributed by atoms with van der Waals surface area (Å²) in [4.78, 5) is 4.39. The Morgan fingerprint density at radius 2 is 2.07 bits per heavy atom. The van der Waals surface area contributed by atoms with Crippen LogP contribution in [0.5, 0.6) is 0 Å². The van der Waals surface area contributed by atoms with Crippen LogP contribution in [0, 0.1) is 5.92 Å². The van der Waals surface area contributed by atoms with Gasteiger partial charge in [0.25, 0.3) is 0 Å². The molecule has 5 rings (SSSR count). The molecule has 0 radical (unpaired) electrons. The average Bonchev–Trinajstić information content (AvgIpc) is 3.35. The third kappa shape index (κ3) is 2.74. The Kier molecular flexibility index (Phi) is 4.04. The third-order valence-electron chi connectivity index (χ3n) is 5.47. The van der Waals surface area contributed by atoms with Crippen LogP contribution in [0.4, 0.5) is 5.82 Å². The van der Waals surface area contributed by atoms with Crippen LogP contribution in [-0.4, -0.2) is 43.1 Å². The number of nitrogens with zero attached hydrogens (tertiary/aromatic N) is 3. The highest BCUT2D eigenvalue weighted by Crippen LogP contribution is 2.33. The molecule has 3 N–H and O–H groups in total. The molecule has 8 heteroatoms. The Bertz CT molecular complexity index is 1170. The quantitative estimate of drug-likeness (QED) is 0.490. The molecule has 1 saturated carbocycles. The SMILES string of the molecule is C[C@@H]1C[C@@H](Nc2ccnc3cc(-c4coc5ccc(Cl)cc45)nn23)[C@H](O)[C@@H]1O. The number of nitrogens with one attached hydrogen (secondary N) is 1. The maximum absolute atomic E-state index is 10.3. The molecule has 3 aromatic heterocycles. The molecular formula is C20H19ClN4O3. The second-order valence-corrected chi connectivity index (χ2v) is 7.80. The van der Waals surface area contributed by atoms with Crippen LogP contribution < -0.4 is 5.32 Å². The number of aliphatic hydroxyl groups excluding tert-OH is 2. The van der Waals surface area contributed by atoms with E-state index in [1.165, 1.54) is 0 Å². The fourth-order valence-corrected chi connectivity index (χ4v) is 4.10. The predicted octanol–water partition coefficient (Wildman–Crippen LogP) is 3.34. The number of rotatable bonds is 3. The first-order valence-electron chi connectivity index (χ1n) is 9.16. The lowest BCUT2D eigenvalue weighted by molar-refractivity contribution is 0.0210. The maximum atomic E-state index is 10.3. The van der Waals surface area contributed by atoms with Gasteiger partial charge < -0.3 is 19.9 Å². The average molecular weight is 399 g/mol. The third-order valence-corrected chi connectivity index (χ3v) is 5.71. The largest absolute Gasteiger partial charge is 0.464 e. The van der Waals surface area contributed by atoms with Crippen molar-refractivity contribution in [2.75, 3.05) is 5.32 Å². The van der Waals surface area contributed by atoms with Crippen LogP contribution in [0.15, 0.2) is 47.2 Å². The Hall–Kier alpha value is -2.61. The standard InChI is InChI=1S/C20H19ClN4O3/c1-10-6-15(20(27)19(10)26)23-17-4-5-22-18-8-14(24-25(17)18)13-9-28-16-3-2-11(21)7-12(13)16/h2-5,7-10,15,19-20,23,26-27H,6H2,1H3/t10-,15-,19-,20+/m1/s1. The Balaban J connectivity index is 1.55. The lowest BCUT2D eigenvalue weighted by Crippen LogP contribution is -2.35. The summed E-state index contributed by atoms with van der Waals surface area (Å²) in [6.45, 7) is 1.93. The van der Waals surface area contributed by atoms with Gasteiger partial charge in [0.2, 0.25) is 0 Å². The molecule has 7 nitrogen and oxygen atoms in total. The van der Waals surface area contributed by atoms with E-state index < -0.39 is 12.2 Å². The molecule has 1 aromatic carbocycles. The van der Waals surface area contributed by atoms with Crippen molar-refractivity contribution in [2.24, 2.45) is 5.92 Å². The van der Waals surface area contributed by atoms with E-state index in [1.54, 1.807) is 29.1 Å². The highest BCUT2D eigenvalue weighted by molar-refractivity contribution is 6.31. The molecule has 0 amide bonds. The topological polar surface area (TPSA) is 95.8 Å². The van der Waals surface area contributed by atoms with E-state index in [9.17, 15) is 10.2 Å². The Morgan fingerprint density at radius 3 is 2.86 bits per heavy atom. The fourth-order valence-electron chi connectivity index (χ4n) is 3.92. The molecule has 0 aliphatic heterocycles. The first kappa shape index (κ1) is 17.5. The summed E-state index contributed by atoms with van der Waals surface area (Å²) in [5, 5.41) is 29.8. The van der Waals surface area contributed by atoms with Gasteiger partial charge in [-0.25, -0.2) is 4.98 Å². The number of fused-ring (bicyclic) bond motifs is 2. The van der Waals surface area contributed by atoms with E-state index in [0.29, 0.717) is 28.6 Å². The zero-order valence-corrected chi connectivity index (χ0v) is 15.8. The normalized spacial score (nSPS) is 25.0. The second kappa shape index (κ2) is 6.48. The van der Waals surface area contributed by atoms with Crippen LogP contribution in [-0.2, 0) is 0 Å². The highest BCUT2D eigenvalue weighted by atomic mass is 35.5. The van der Waals surface area contributed by atoms with E-state index in [4.69, 9.17) is 16.0 Å². The van der Waals surface area contributed by atoms with Crippen molar-refractivity contribution < 1.29 is 14.6 Å². The summed E-state index contributed by atoms with van der Waals surface area (Å²) in [6, 6.07) is 8.89. The van der Waals surface area contributed by atoms with Crippen LogP contribution >= 0.6 is 11.6 Å². The minimum absolute atomic E-state index is 0.0278. The Morgan fingerprint density at radius 1 is 1.21 bits per heavy atom. The summed E-state index contributed by atoms with van der Waals surface area (Å²) in [6.07, 6.45) is 2.47. The van der Waals surface area contributed by atoms with Crippen molar-refractivity contribution in [3.8, 4) is 11.3 Å². The summed E-state index contributed by atoms with van der Waals surface area (Å²) >= 11 is 6.14. The van der Waals surface area contributed by atoms with E-state index >= 15 is 0 Å². The number of hydrogen-bond acceptors (Lipinski definition) is 6. The van der Waals surface area contributed by atoms with Crippen molar-refractivity contribution in [2.45, 2.75) is 31.6 Å². The molecule has 144 valence electrons. The van der Waals surface area contributed by atoms with Gasteiger partial charge in [0.1, 0.15) is 23.8 Å². The molecule has 28 heavy (non-hydrogen) atoms. The number of halogens is 1. The van der Waals surface area contributed by atoms with E-state index in [0.717, 1.165) is 16.5 Å². The molecule has 4 aromatic rings. The monoisotopic (exact) mass is 398 g/mol. The minimum atomic E-state index is -0.826. The number of furan rings is 1. The molecule has 1 aliphatic carbocycles. The van der Waals surface area contributed by atoms with Crippen LogP contribution in [0.3, 0.4) is 0 Å². The van der Waals surface area contributed by atoms with Crippen LogP contribution in [0.2, 0.25) is 5.02 Å². The first-order chi connectivity index (χ1) is 13.5.